The molecule has 8 heteroatoms. The lowest BCUT2D eigenvalue weighted by molar-refractivity contribution is -0.185. The minimum atomic E-state index is -4.14. The van der Waals surface area contributed by atoms with E-state index in [9.17, 15) is 23.1 Å². The number of carbonyl (C=O) groups is 1. The van der Waals surface area contributed by atoms with Gasteiger partial charge in [0.15, 0.2) is 0 Å². The van der Waals surface area contributed by atoms with Crippen molar-refractivity contribution < 1.29 is 27.8 Å². The number of alkyl halides is 3. The summed E-state index contributed by atoms with van der Waals surface area (Å²) >= 11 is 0. The Kier molecular flexibility index (Phi) is 6.49. The molecule has 0 spiro atoms. The first kappa shape index (κ1) is 19.0. The second kappa shape index (κ2) is 7.50. The molecule has 1 saturated heterocycles. The van der Waals surface area contributed by atoms with E-state index in [1.54, 1.807) is 20.8 Å². The first-order valence-corrected chi connectivity index (χ1v) is 7.40. The van der Waals surface area contributed by atoms with Crippen LogP contribution in [-0.2, 0) is 4.74 Å². The van der Waals surface area contributed by atoms with Crippen LogP contribution < -0.4 is 5.32 Å². The number of amides is 1. The maximum Gasteiger partial charge on any atom is 0.407 e. The molecule has 0 aromatic heterocycles. The summed E-state index contributed by atoms with van der Waals surface area (Å²) in [7, 11) is 0. The van der Waals surface area contributed by atoms with Crippen molar-refractivity contribution in [3.8, 4) is 0 Å². The van der Waals surface area contributed by atoms with Gasteiger partial charge in [0.05, 0.1) is 18.6 Å². The van der Waals surface area contributed by atoms with Gasteiger partial charge in [0, 0.05) is 6.54 Å². The number of hydrogen-bond acceptors (Lipinski definition) is 4. The van der Waals surface area contributed by atoms with Gasteiger partial charge in [-0.25, -0.2) is 4.79 Å². The SMILES string of the molecule is CC(C)(C)OC(=O)N[C@H](CO)CN1CCC(C(F)(F)F)CC1. The van der Waals surface area contributed by atoms with Crippen LogP contribution >= 0.6 is 0 Å². The number of halogens is 3. The molecule has 22 heavy (non-hydrogen) atoms. The highest BCUT2D eigenvalue weighted by Crippen LogP contribution is 2.34. The van der Waals surface area contributed by atoms with Gasteiger partial charge in [-0.15, -0.1) is 0 Å². The number of carbonyl (C=O) groups excluding carboxylic acids is 1. The topological polar surface area (TPSA) is 61.8 Å². The third-order valence-corrected chi connectivity index (χ3v) is 3.47. The van der Waals surface area contributed by atoms with Crippen LogP contribution in [0.5, 0.6) is 0 Å². The summed E-state index contributed by atoms with van der Waals surface area (Å²) in [5, 5.41) is 11.8. The van der Waals surface area contributed by atoms with Crippen LogP contribution in [0.15, 0.2) is 0 Å². The summed E-state index contributed by atoms with van der Waals surface area (Å²) < 4.78 is 42.9. The Balaban J connectivity index is 2.40. The normalized spacial score (nSPS) is 19.8. The maximum absolute atomic E-state index is 12.6. The van der Waals surface area contributed by atoms with Gasteiger partial charge in [-0.3, -0.25) is 0 Å². The molecule has 1 rings (SSSR count). The van der Waals surface area contributed by atoms with E-state index in [2.05, 4.69) is 5.32 Å². The fraction of sp³-hybridized carbons (Fsp3) is 0.929. The van der Waals surface area contributed by atoms with Crippen LogP contribution in [0.2, 0.25) is 0 Å². The van der Waals surface area contributed by atoms with Crippen molar-refractivity contribution in [3.63, 3.8) is 0 Å². The molecule has 1 aliphatic heterocycles. The van der Waals surface area contributed by atoms with Gasteiger partial charge in [-0.05, 0) is 46.7 Å². The predicted octanol–water partition coefficient (Wildman–Crippen LogP) is 2.15. The lowest BCUT2D eigenvalue weighted by Crippen LogP contribution is -2.49. The number of alkyl carbamates (subject to hydrolysis) is 1. The van der Waals surface area contributed by atoms with E-state index in [0.29, 0.717) is 19.6 Å². The first-order chi connectivity index (χ1) is 10.0. The molecule has 0 radical (unpaired) electrons. The minimum Gasteiger partial charge on any atom is -0.444 e. The minimum absolute atomic E-state index is 0.0497. The van der Waals surface area contributed by atoms with Gasteiger partial charge in [0.2, 0.25) is 0 Å². The summed E-state index contributed by atoms with van der Waals surface area (Å²) in [5.74, 6) is -1.25. The largest absolute Gasteiger partial charge is 0.444 e. The van der Waals surface area contributed by atoms with Crippen molar-refractivity contribution in [2.75, 3.05) is 26.2 Å². The molecule has 1 fully saturated rings. The molecule has 0 aliphatic carbocycles. The molecule has 0 aromatic carbocycles. The number of likely N-dealkylation sites (tertiary alicyclic amines) is 1. The van der Waals surface area contributed by atoms with Gasteiger partial charge in [-0.1, -0.05) is 0 Å². The molecular weight excluding hydrogens is 301 g/mol. The molecule has 2 N–H and O–H groups in total. The molecule has 0 bridgehead atoms. The summed E-state index contributed by atoms with van der Waals surface area (Å²) in [6.45, 7) is 5.79. The number of rotatable bonds is 4. The van der Waals surface area contributed by atoms with Crippen molar-refractivity contribution in [2.24, 2.45) is 5.92 Å². The van der Waals surface area contributed by atoms with E-state index in [-0.39, 0.29) is 19.4 Å². The van der Waals surface area contributed by atoms with Crippen LogP contribution in [-0.4, -0.2) is 60.2 Å². The number of nitrogens with zero attached hydrogens (tertiary/aromatic N) is 1. The molecule has 1 aliphatic rings. The Hall–Kier alpha value is -1.02. The van der Waals surface area contributed by atoms with E-state index in [1.807, 2.05) is 4.90 Å². The van der Waals surface area contributed by atoms with E-state index in [1.165, 1.54) is 0 Å². The number of ether oxygens (including phenoxy) is 1. The number of nitrogens with one attached hydrogen (secondary N) is 1. The van der Waals surface area contributed by atoms with E-state index in [0.717, 1.165) is 0 Å². The molecule has 1 amide bonds. The molecule has 1 atom stereocenters. The number of aliphatic hydroxyl groups is 1. The van der Waals surface area contributed by atoms with Gasteiger partial charge in [0.1, 0.15) is 5.60 Å². The average Bonchev–Trinajstić information content (AvgIpc) is 2.35. The zero-order valence-corrected chi connectivity index (χ0v) is 13.2. The Morgan fingerprint density at radius 3 is 2.27 bits per heavy atom. The van der Waals surface area contributed by atoms with Crippen LogP contribution in [0.1, 0.15) is 33.6 Å². The summed E-state index contributed by atoms with van der Waals surface area (Å²) in [5.41, 5.74) is -0.644. The van der Waals surface area contributed by atoms with Crippen molar-refractivity contribution in [3.05, 3.63) is 0 Å². The molecule has 130 valence electrons. The third kappa shape index (κ3) is 6.83. The van der Waals surface area contributed by atoms with E-state index in [4.69, 9.17) is 4.74 Å². The van der Waals surface area contributed by atoms with Crippen LogP contribution in [0, 0.1) is 5.92 Å². The van der Waals surface area contributed by atoms with Gasteiger partial charge >= 0.3 is 12.3 Å². The molecule has 5 nitrogen and oxygen atoms in total. The lowest BCUT2D eigenvalue weighted by atomic mass is 9.96. The maximum atomic E-state index is 12.6. The monoisotopic (exact) mass is 326 g/mol. The fourth-order valence-electron chi connectivity index (χ4n) is 2.38. The Labute approximate surface area is 128 Å². The van der Waals surface area contributed by atoms with Crippen molar-refractivity contribution in [1.29, 1.82) is 0 Å². The van der Waals surface area contributed by atoms with E-state index < -0.39 is 29.8 Å². The summed E-state index contributed by atoms with van der Waals surface area (Å²) in [4.78, 5) is 13.5. The number of piperidine rings is 1. The highest BCUT2D eigenvalue weighted by molar-refractivity contribution is 5.68. The molecule has 1 heterocycles. The third-order valence-electron chi connectivity index (χ3n) is 3.47. The molecular formula is C14H25F3N2O3. The summed E-state index contributed by atoms with van der Waals surface area (Å²) in [6.07, 6.45) is -4.68. The number of aliphatic hydroxyl groups excluding tert-OH is 1. The van der Waals surface area contributed by atoms with Crippen molar-refractivity contribution in [1.82, 2.24) is 10.2 Å². The highest BCUT2D eigenvalue weighted by atomic mass is 19.4. The van der Waals surface area contributed by atoms with Gasteiger partial charge in [-0.2, -0.15) is 13.2 Å². The van der Waals surface area contributed by atoms with Crippen LogP contribution in [0.3, 0.4) is 0 Å². The summed E-state index contributed by atoms with van der Waals surface area (Å²) in [6, 6.07) is -0.558. The standard InChI is InChI=1S/C14H25F3N2O3/c1-13(2,3)22-12(21)18-11(9-20)8-19-6-4-10(5-7-19)14(15,16)17/h10-11,20H,4-9H2,1-3H3,(H,18,21)/t11-/m0/s1. The van der Waals surface area contributed by atoms with Gasteiger partial charge in [0.25, 0.3) is 0 Å². The predicted molar refractivity (Wildman–Crippen MR) is 75.5 cm³/mol. The Morgan fingerprint density at radius 1 is 1.32 bits per heavy atom. The van der Waals surface area contributed by atoms with Crippen LogP contribution in [0.25, 0.3) is 0 Å². The zero-order chi connectivity index (χ0) is 17.0. The quantitative estimate of drug-likeness (QED) is 0.831. The highest BCUT2D eigenvalue weighted by Gasteiger charge is 2.41. The fourth-order valence-corrected chi connectivity index (χ4v) is 2.38. The van der Waals surface area contributed by atoms with Crippen LogP contribution in [0.4, 0.5) is 18.0 Å². The smallest absolute Gasteiger partial charge is 0.407 e. The lowest BCUT2D eigenvalue weighted by Gasteiger charge is -2.34. The average molecular weight is 326 g/mol. The van der Waals surface area contributed by atoms with Gasteiger partial charge < -0.3 is 20.1 Å². The molecule has 0 aromatic rings. The zero-order valence-electron chi connectivity index (χ0n) is 13.2. The Morgan fingerprint density at radius 2 is 1.86 bits per heavy atom. The first-order valence-electron chi connectivity index (χ1n) is 7.40. The van der Waals surface area contributed by atoms with E-state index >= 15 is 0 Å². The molecule has 0 unspecified atom stereocenters. The second-order valence-electron chi connectivity index (χ2n) is 6.64. The number of hydrogen-bond donors (Lipinski definition) is 2. The Bertz CT molecular complexity index is 361. The van der Waals surface area contributed by atoms with Crippen molar-refractivity contribution in [2.45, 2.75) is 51.4 Å². The second-order valence-corrected chi connectivity index (χ2v) is 6.64. The molecule has 0 saturated carbocycles. The van der Waals surface area contributed by atoms with Crippen molar-refractivity contribution >= 4 is 6.09 Å².